The number of amides is 1. The Labute approximate surface area is 117 Å². The number of rotatable bonds is 5. The lowest BCUT2D eigenvalue weighted by atomic mass is 10.2. The van der Waals surface area contributed by atoms with Crippen molar-refractivity contribution in [3.05, 3.63) is 36.0 Å². The number of aryl methyl sites for hydroxylation is 1. The Morgan fingerprint density at radius 3 is 2.35 bits per heavy atom. The zero-order chi connectivity index (χ0) is 14.5. The van der Waals surface area contributed by atoms with Gasteiger partial charge in [0.25, 0.3) is 0 Å². The third-order valence-corrected chi connectivity index (χ3v) is 2.97. The third-order valence-electron chi connectivity index (χ3n) is 2.97. The van der Waals surface area contributed by atoms with Crippen LogP contribution in [-0.2, 0) is 0 Å². The topological polar surface area (TPSA) is 71.3 Å². The summed E-state index contributed by atoms with van der Waals surface area (Å²) < 4.78 is 5.07. The normalized spacial score (nSPS) is 10.3. The van der Waals surface area contributed by atoms with Crippen LogP contribution >= 0.6 is 0 Å². The standard InChI is InChI=1S/C14H18N4O2/c1-4-18(5-2)12-8-6-11(7-9-12)15-13(19)14-17-16-10(3)20-14/h6-9H,4-5H2,1-3H3,(H,15,19). The zero-order valence-corrected chi connectivity index (χ0v) is 11.9. The molecule has 0 spiro atoms. The highest BCUT2D eigenvalue weighted by Gasteiger charge is 2.13. The van der Waals surface area contributed by atoms with Gasteiger partial charge in [0.05, 0.1) is 0 Å². The Kier molecular flexibility index (Phi) is 4.34. The molecule has 0 aliphatic carbocycles. The van der Waals surface area contributed by atoms with E-state index in [4.69, 9.17) is 4.42 Å². The molecule has 1 heterocycles. The maximum atomic E-state index is 11.8. The third kappa shape index (κ3) is 3.14. The molecule has 0 bridgehead atoms. The Bertz CT molecular complexity index is 573. The van der Waals surface area contributed by atoms with Crippen molar-refractivity contribution in [3.63, 3.8) is 0 Å². The van der Waals surface area contributed by atoms with Crippen molar-refractivity contribution in [2.45, 2.75) is 20.8 Å². The molecule has 1 aromatic heterocycles. The van der Waals surface area contributed by atoms with E-state index in [2.05, 4.69) is 34.3 Å². The highest BCUT2D eigenvalue weighted by atomic mass is 16.4. The minimum atomic E-state index is -0.402. The lowest BCUT2D eigenvalue weighted by Gasteiger charge is -2.21. The summed E-state index contributed by atoms with van der Waals surface area (Å²) >= 11 is 0. The van der Waals surface area contributed by atoms with Crippen LogP contribution in [0.1, 0.15) is 30.4 Å². The molecule has 0 atom stereocenters. The van der Waals surface area contributed by atoms with Crippen LogP contribution in [0.3, 0.4) is 0 Å². The van der Waals surface area contributed by atoms with E-state index in [-0.39, 0.29) is 5.89 Å². The van der Waals surface area contributed by atoms with Gasteiger partial charge in [0.15, 0.2) is 0 Å². The maximum absolute atomic E-state index is 11.8. The van der Waals surface area contributed by atoms with Crippen LogP contribution < -0.4 is 10.2 Å². The highest BCUT2D eigenvalue weighted by molar-refractivity contribution is 6.00. The molecule has 1 amide bonds. The fourth-order valence-electron chi connectivity index (χ4n) is 1.92. The van der Waals surface area contributed by atoms with Gasteiger partial charge in [-0.15, -0.1) is 10.2 Å². The summed E-state index contributed by atoms with van der Waals surface area (Å²) in [5.74, 6) is -0.0662. The molecule has 0 radical (unpaired) electrons. The molecule has 0 unspecified atom stereocenters. The van der Waals surface area contributed by atoms with Crippen LogP contribution in [0.25, 0.3) is 0 Å². The average Bonchev–Trinajstić information content (AvgIpc) is 2.89. The first kappa shape index (κ1) is 14.0. The smallest absolute Gasteiger partial charge is 0.313 e. The van der Waals surface area contributed by atoms with Gasteiger partial charge in [-0.25, -0.2) is 0 Å². The van der Waals surface area contributed by atoms with E-state index in [9.17, 15) is 4.79 Å². The number of hydrogen-bond donors (Lipinski definition) is 1. The molecular formula is C14H18N4O2. The predicted octanol–water partition coefficient (Wildman–Crippen LogP) is 2.48. The lowest BCUT2D eigenvalue weighted by Crippen LogP contribution is -2.21. The summed E-state index contributed by atoms with van der Waals surface area (Å²) in [5, 5.41) is 10.0. The summed E-state index contributed by atoms with van der Waals surface area (Å²) in [6.45, 7) is 7.75. The second-order valence-corrected chi connectivity index (χ2v) is 4.30. The second kappa shape index (κ2) is 6.18. The molecular weight excluding hydrogens is 256 g/mol. The summed E-state index contributed by atoms with van der Waals surface area (Å²) in [5.41, 5.74) is 1.82. The van der Waals surface area contributed by atoms with E-state index in [0.29, 0.717) is 11.6 Å². The first-order chi connectivity index (χ1) is 9.63. The van der Waals surface area contributed by atoms with Crippen LogP contribution in [0.15, 0.2) is 28.7 Å². The van der Waals surface area contributed by atoms with Gasteiger partial charge in [-0.3, -0.25) is 4.79 Å². The number of nitrogens with zero attached hydrogens (tertiary/aromatic N) is 3. The van der Waals surface area contributed by atoms with Gasteiger partial charge in [0.1, 0.15) is 0 Å². The molecule has 0 aliphatic rings. The number of nitrogens with one attached hydrogen (secondary N) is 1. The first-order valence-electron chi connectivity index (χ1n) is 6.60. The van der Waals surface area contributed by atoms with E-state index in [1.807, 2.05) is 24.3 Å². The minimum absolute atomic E-state index is 0.0321. The highest BCUT2D eigenvalue weighted by Crippen LogP contribution is 2.18. The molecule has 2 rings (SSSR count). The van der Waals surface area contributed by atoms with Crippen LogP contribution in [0.2, 0.25) is 0 Å². The Balaban J connectivity index is 2.05. The van der Waals surface area contributed by atoms with Crippen LogP contribution in [0, 0.1) is 6.92 Å². The lowest BCUT2D eigenvalue weighted by molar-refractivity contribution is 0.0989. The van der Waals surface area contributed by atoms with Gasteiger partial charge < -0.3 is 14.6 Å². The fourth-order valence-corrected chi connectivity index (χ4v) is 1.92. The number of carbonyl (C=O) groups is 1. The SMILES string of the molecule is CCN(CC)c1ccc(NC(=O)c2nnc(C)o2)cc1. The van der Waals surface area contributed by atoms with Crippen molar-refractivity contribution in [1.82, 2.24) is 10.2 Å². The molecule has 1 N–H and O–H groups in total. The molecule has 0 saturated carbocycles. The second-order valence-electron chi connectivity index (χ2n) is 4.30. The van der Waals surface area contributed by atoms with Gasteiger partial charge >= 0.3 is 11.8 Å². The first-order valence-corrected chi connectivity index (χ1v) is 6.60. The van der Waals surface area contributed by atoms with Crippen molar-refractivity contribution in [2.75, 3.05) is 23.3 Å². The summed E-state index contributed by atoms with van der Waals surface area (Å²) in [4.78, 5) is 14.1. The Morgan fingerprint density at radius 1 is 1.20 bits per heavy atom. The molecule has 106 valence electrons. The quantitative estimate of drug-likeness (QED) is 0.907. The van der Waals surface area contributed by atoms with E-state index in [1.54, 1.807) is 6.92 Å². The van der Waals surface area contributed by atoms with Gasteiger partial charge in [0.2, 0.25) is 5.89 Å². The van der Waals surface area contributed by atoms with Crippen LogP contribution in [0.5, 0.6) is 0 Å². The predicted molar refractivity (Wildman–Crippen MR) is 77.0 cm³/mol. The molecule has 6 nitrogen and oxygen atoms in total. The van der Waals surface area contributed by atoms with Crippen molar-refractivity contribution in [2.24, 2.45) is 0 Å². The number of hydrogen-bond acceptors (Lipinski definition) is 5. The summed E-state index contributed by atoms with van der Waals surface area (Å²) in [6, 6.07) is 7.66. The van der Waals surface area contributed by atoms with Gasteiger partial charge in [-0.2, -0.15) is 0 Å². The maximum Gasteiger partial charge on any atom is 0.313 e. The molecule has 0 saturated heterocycles. The average molecular weight is 274 g/mol. The zero-order valence-electron chi connectivity index (χ0n) is 11.9. The molecule has 0 fully saturated rings. The molecule has 2 aromatic rings. The van der Waals surface area contributed by atoms with Gasteiger partial charge in [0, 0.05) is 31.4 Å². The molecule has 0 aliphatic heterocycles. The number of benzene rings is 1. The number of carbonyl (C=O) groups excluding carboxylic acids is 1. The molecule has 1 aromatic carbocycles. The van der Waals surface area contributed by atoms with Crippen molar-refractivity contribution in [3.8, 4) is 0 Å². The molecule has 6 heteroatoms. The van der Waals surface area contributed by atoms with Crippen LogP contribution in [-0.4, -0.2) is 29.2 Å². The summed E-state index contributed by atoms with van der Waals surface area (Å²) in [6.07, 6.45) is 0. The van der Waals surface area contributed by atoms with Crippen molar-refractivity contribution in [1.29, 1.82) is 0 Å². The summed E-state index contributed by atoms with van der Waals surface area (Å²) in [7, 11) is 0. The van der Waals surface area contributed by atoms with E-state index < -0.39 is 5.91 Å². The number of aromatic nitrogens is 2. The largest absolute Gasteiger partial charge is 0.417 e. The van der Waals surface area contributed by atoms with E-state index in [1.165, 1.54) is 0 Å². The minimum Gasteiger partial charge on any atom is -0.417 e. The monoisotopic (exact) mass is 274 g/mol. The Hall–Kier alpha value is -2.37. The fraction of sp³-hybridized carbons (Fsp3) is 0.357. The van der Waals surface area contributed by atoms with Gasteiger partial charge in [-0.1, -0.05) is 0 Å². The van der Waals surface area contributed by atoms with Gasteiger partial charge in [-0.05, 0) is 38.1 Å². The number of anilines is 2. The Morgan fingerprint density at radius 2 is 1.85 bits per heavy atom. The van der Waals surface area contributed by atoms with Crippen molar-refractivity contribution < 1.29 is 9.21 Å². The van der Waals surface area contributed by atoms with E-state index >= 15 is 0 Å². The van der Waals surface area contributed by atoms with Crippen molar-refractivity contribution >= 4 is 17.3 Å². The molecule has 20 heavy (non-hydrogen) atoms. The van der Waals surface area contributed by atoms with Crippen LogP contribution in [0.4, 0.5) is 11.4 Å². The van der Waals surface area contributed by atoms with E-state index in [0.717, 1.165) is 18.8 Å².